The third-order valence-corrected chi connectivity index (χ3v) is 4.51. The highest BCUT2D eigenvalue weighted by Crippen LogP contribution is 2.38. The lowest BCUT2D eigenvalue weighted by atomic mass is 9.83. The van der Waals surface area contributed by atoms with Crippen LogP contribution in [0.4, 0.5) is 13.2 Å². The lowest BCUT2D eigenvalue weighted by Gasteiger charge is -2.29. The van der Waals surface area contributed by atoms with Crippen molar-refractivity contribution in [3.8, 4) is 11.8 Å². The molecule has 0 heterocycles. The predicted molar refractivity (Wildman–Crippen MR) is 88.2 cm³/mol. The number of nitrogens with zero attached hydrogens (tertiary/aromatic N) is 1. The highest BCUT2D eigenvalue weighted by Gasteiger charge is 2.35. The normalized spacial score (nSPS) is 24.2. The summed E-state index contributed by atoms with van der Waals surface area (Å²) in [7, 11) is 0. The van der Waals surface area contributed by atoms with E-state index in [1.54, 1.807) is 6.07 Å². The van der Waals surface area contributed by atoms with Crippen molar-refractivity contribution in [2.75, 3.05) is 0 Å². The third-order valence-electron chi connectivity index (χ3n) is 4.51. The molecule has 130 valence electrons. The molecule has 0 unspecified atom stereocenters. The molecule has 5 heteroatoms. The van der Waals surface area contributed by atoms with Gasteiger partial charge < -0.3 is 4.74 Å². The van der Waals surface area contributed by atoms with E-state index in [1.165, 1.54) is 17.7 Å². The van der Waals surface area contributed by atoms with Gasteiger partial charge in [-0.1, -0.05) is 36.4 Å². The van der Waals surface area contributed by atoms with Crippen LogP contribution in [0.3, 0.4) is 0 Å². The van der Waals surface area contributed by atoms with Crippen LogP contribution >= 0.6 is 0 Å². The summed E-state index contributed by atoms with van der Waals surface area (Å²) in [6, 6.07) is 14.9. The number of ether oxygens (including phenoxy) is 1. The fourth-order valence-electron chi connectivity index (χ4n) is 3.22. The Bertz CT molecular complexity index is 806. The summed E-state index contributed by atoms with van der Waals surface area (Å²) in [6.45, 7) is 0. The Morgan fingerprint density at radius 2 is 1.68 bits per heavy atom. The van der Waals surface area contributed by atoms with E-state index < -0.39 is 23.4 Å². The minimum Gasteiger partial charge on any atom is -0.489 e. The zero-order chi connectivity index (χ0) is 18.8. The van der Waals surface area contributed by atoms with Gasteiger partial charge in [-0.25, -0.2) is 0 Å². The Balaban J connectivity index is 1.77. The topological polar surface area (TPSA) is 33.0 Å². The standard InChI is InChI=1S/C20H18F3NO/c21-20(22,23)18-7-4-8-19(17(18)13-24)25-16-11-9-15(10-12-16)14-5-2-1-3-6-14/h1-8,15-16H,9-12H2/i16D. The second-order valence-corrected chi connectivity index (χ2v) is 6.11. The summed E-state index contributed by atoms with van der Waals surface area (Å²) in [5.41, 5.74) is -0.387. The summed E-state index contributed by atoms with van der Waals surface area (Å²) >= 11 is 0. The SMILES string of the molecule is [2H]C1(Oc2cccc(C(F)(F)F)c2C#N)CCC(c2ccccc2)CC1. The Kier molecular flexibility index (Phi) is 4.60. The Labute approximate surface area is 146 Å². The maximum atomic E-state index is 13.1. The number of hydrogen-bond acceptors (Lipinski definition) is 2. The van der Waals surface area contributed by atoms with E-state index in [1.807, 2.05) is 30.3 Å². The summed E-state index contributed by atoms with van der Waals surface area (Å²) < 4.78 is 53.3. The molecule has 0 amide bonds. The fraction of sp³-hybridized carbons (Fsp3) is 0.350. The second kappa shape index (κ2) is 7.18. The summed E-state index contributed by atoms with van der Waals surface area (Å²) in [5, 5.41) is 9.18. The molecular weight excluding hydrogens is 327 g/mol. The van der Waals surface area contributed by atoms with Crippen LogP contribution in [0.5, 0.6) is 5.75 Å². The van der Waals surface area contributed by atoms with Crippen LogP contribution in [0.25, 0.3) is 0 Å². The Morgan fingerprint density at radius 3 is 2.28 bits per heavy atom. The van der Waals surface area contributed by atoms with Gasteiger partial charge in [-0.15, -0.1) is 0 Å². The lowest BCUT2D eigenvalue weighted by molar-refractivity contribution is -0.137. The Hall–Kier alpha value is -2.48. The molecule has 0 spiro atoms. The first-order chi connectivity index (χ1) is 12.3. The van der Waals surface area contributed by atoms with Crippen molar-refractivity contribution in [1.29, 1.82) is 5.26 Å². The van der Waals surface area contributed by atoms with Gasteiger partial charge in [0, 0.05) is 0 Å². The van der Waals surface area contributed by atoms with E-state index in [0.717, 1.165) is 6.07 Å². The first-order valence-corrected chi connectivity index (χ1v) is 8.17. The van der Waals surface area contributed by atoms with Gasteiger partial charge in [0.25, 0.3) is 0 Å². The van der Waals surface area contributed by atoms with Crippen molar-refractivity contribution in [3.63, 3.8) is 0 Å². The van der Waals surface area contributed by atoms with Gasteiger partial charge in [0.05, 0.1) is 13.0 Å². The maximum absolute atomic E-state index is 13.1. The molecule has 3 rings (SSSR count). The number of benzene rings is 2. The molecule has 0 radical (unpaired) electrons. The molecule has 0 bridgehead atoms. The minimum atomic E-state index is -4.63. The van der Waals surface area contributed by atoms with Crippen LogP contribution in [0.2, 0.25) is 0 Å². The molecule has 2 aromatic carbocycles. The first-order valence-electron chi connectivity index (χ1n) is 8.67. The van der Waals surface area contributed by atoms with Crippen molar-refractivity contribution < 1.29 is 19.3 Å². The molecular formula is C20H18F3NO. The van der Waals surface area contributed by atoms with Crippen LogP contribution in [0.15, 0.2) is 48.5 Å². The molecule has 1 aliphatic carbocycles. The van der Waals surface area contributed by atoms with E-state index in [0.29, 0.717) is 31.6 Å². The minimum absolute atomic E-state index is 0.171. The smallest absolute Gasteiger partial charge is 0.417 e. The van der Waals surface area contributed by atoms with Crippen LogP contribution in [0.1, 0.15) is 49.7 Å². The van der Waals surface area contributed by atoms with E-state index in [9.17, 15) is 18.4 Å². The molecule has 1 fully saturated rings. The van der Waals surface area contributed by atoms with Crippen molar-refractivity contribution in [2.45, 2.75) is 43.9 Å². The van der Waals surface area contributed by atoms with E-state index in [2.05, 4.69) is 0 Å². The van der Waals surface area contributed by atoms with Gasteiger partial charge in [-0.3, -0.25) is 0 Å². The second-order valence-electron chi connectivity index (χ2n) is 6.11. The molecule has 2 aromatic rings. The van der Waals surface area contributed by atoms with Gasteiger partial charge in [0.15, 0.2) is 0 Å². The van der Waals surface area contributed by atoms with Gasteiger partial charge in [-0.2, -0.15) is 18.4 Å². The lowest BCUT2D eigenvalue weighted by Crippen LogP contribution is -2.24. The molecule has 0 aliphatic heterocycles. The number of rotatable bonds is 3. The third kappa shape index (κ3) is 3.96. The fourth-order valence-corrected chi connectivity index (χ4v) is 3.22. The highest BCUT2D eigenvalue weighted by molar-refractivity contribution is 5.50. The number of alkyl halides is 3. The summed E-state index contributed by atoms with van der Waals surface area (Å²) in [5.74, 6) is 0.144. The van der Waals surface area contributed by atoms with E-state index in [4.69, 9.17) is 6.11 Å². The van der Waals surface area contributed by atoms with E-state index in [-0.39, 0.29) is 5.75 Å². The molecule has 0 atom stereocenters. The highest BCUT2D eigenvalue weighted by atomic mass is 19.4. The monoisotopic (exact) mass is 346 g/mol. The first kappa shape index (κ1) is 16.0. The largest absolute Gasteiger partial charge is 0.489 e. The average molecular weight is 346 g/mol. The molecule has 0 aromatic heterocycles. The number of halogens is 3. The van der Waals surface area contributed by atoms with Crippen LogP contribution in [0, 0.1) is 11.3 Å². The zero-order valence-corrected chi connectivity index (χ0v) is 13.5. The zero-order valence-electron chi connectivity index (χ0n) is 14.5. The molecule has 1 saturated carbocycles. The summed E-state index contributed by atoms with van der Waals surface area (Å²) in [4.78, 5) is 0. The number of hydrogen-bond donors (Lipinski definition) is 0. The van der Waals surface area contributed by atoms with Crippen molar-refractivity contribution in [3.05, 3.63) is 65.2 Å². The van der Waals surface area contributed by atoms with Crippen molar-refractivity contribution in [2.24, 2.45) is 0 Å². The Morgan fingerprint density at radius 1 is 1.00 bits per heavy atom. The van der Waals surface area contributed by atoms with Crippen LogP contribution in [-0.2, 0) is 6.18 Å². The average Bonchev–Trinajstić information content (AvgIpc) is 2.62. The van der Waals surface area contributed by atoms with Crippen molar-refractivity contribution >= 4 is 0 Å². The molecule has 25 heavy (non-hydrogen) atoms. The van der Waals surface area contributed by atoms with Gasteiger partial charge in [0.2, 0.25) is 0 Å². The quantitative estimate of drug-likeness (QED) is 0.716. The van der Waals surface area contributed by atoms with Crippen LogP contribution in [-0.4, -0.2) is 6.08 Å². The van der Waals surface area contributed by atoms with E-state index >= 15 is 0 Å². The summed E-state index contributed by atoms with van der Waals surface area (Å²) in [6.07, 6.45) is -3.73. The van der Waals surface area contributed by atoms with Crippen LogP contribution < -0.4 is 4.74 Å². The molecule has 1 aliphatic rings. The molecule has 2 nitrogen and oxygen atoms in total. The van der Waals surface area contributed by atoms with Gasteiger partial charge in [-0.05, 0) is 49.3 Å². The predicted octanol–water partition coefficient (Wildman–Crippen LogP) is 5.68. The maximum Gasteiger partial charge on any atom is 0.417 e. The van der Waals surface area contributed by atoms with Gasteiger partial charge >= 0.3 is 6.18 Å². The van der Waals surface area contributed by atoms with Gasteiger partial charge in [0.1, 0.15) is 17.4 Å². The number of nitriles is 1. The molecule has 0 saturated heterocycles. The molecule has 0 N–H and O–H groups in total. The van der Waals surface area contributed by atoms with Crippen molar-refractivity contribution in [1.82, 2.24) is 0 Å².